The third-order valence-electron chi connectivity index (χ3n) is 9.24. The molecule has 9 heteroatoms. The van der Waals surface area contributed by atoms with E-state index in [4.69, 9.17) is 18.5 Å². The smallest absolute Gasteiger partial charge is 0.457 e. The van der Waals surface area contributed by atoms with E-state index < -0.39 is 13.9 Å². The number of hydrogen-bond acceptors (Lipinski definition) is 6. The highest BCUT2D eigenvalue weighted by molar-refractivity contribution is 7.47. The van der Waals surface area contributed by atoms with E-state index >= 15 is 0 Å². The Morgan fingerprint density at radius 3 is 1.50 bits per heavy atom. The summed E-state index contributed by atoms with van der Waals surface area (Å²) in [5, 5.41) is 0. The lowest BCUT2D eigenvalue weighted by atomic mass is 10.1. The Hall–Kier alpha value is -1.02. The first-order chi connectivity index (χ1) is 25.1. The van der Waals surface area contributed by atoms with Crippen LogP contribution in [0.15, 0.2) is 24.3 Å². The maximum Gasteiger partial charge on any atom is 0.472 e. The molecule has 52 heavy (non-hydrogen) atoms. The summed E-state index contributed by atoms with van der Waals surface area (Å²) in [6.07, 6.45) is 40.6. The molecule has 0 aromatic heterocycles. The van der Waals surface area contributed by atoms with Crippen LogP contribution in [0.25, 0.3) is 0 Å². The molecule has 2 unspecified atom stereocenters. The van der Waals surface area contributed by atoms with E-state index in [0.717, 1.165) is 32.1 Å². The number of esters is 1. The van der Waals surface area contributed by atoms with Crippen LogP contribution in [0.4, 0.5) is 0 Å². The molecule has 1 N–H and O–H groups in total. The molecule has 0 heterocycles. The normalized spacial score (nSPS) is 14.0. The van der Waals surface area contributed by atoms with Crippen LogP contribution in [-0.4, -0.2) is 75.6 Å². The summed E-state index contributed by atoms with van der Waals surface area (Å²) in [5.74, 6) is -0.320. The molecule has 0 bridgehead atoms. The number of nitrogens with zero attached hydrogens (tertiary/aromatic N) is 1. The summed E-state index contributed by atoms with van der Waals surface area (Å²) in [6.45, 7) is 5.59. The number of allylic oxidation sites excluding steroid dienone is 4. The van der Waals surface area contributed by atoms with Gasteiger partial charge in [0.15, 0.2) is 0 Å². The summed E-state index contributed by atoms with van der Waals surface area (Å²) in [5.41, 5.74) is 0. The predicted molar refractivity (Wildman–Crippen MR) is 220 cm³/mol. The fourth-order valence-electron chi connectivity index (χ4n) is 5.84. The molecule has 0 amide bonds. The Labute approximate surface area is 322 Å². The molecular formula is C43H85NO7P+. The Morgan fingerprint density at radius 2 is 1.00 bits per heavy atom. The van der Waals surface area contributed by atoms with E-state index in [-0.39, 0.29) is 25.8 Å². The van der Waals surface area contributed by atoms with Crippen molar-refractivity contribution in [2.45, 2.75) is 193 Å². The van der Waals surface area contributed by atoms with Crippen LogP contribution < -0.4 is 0 Å². The fraction of sp³-hybridized carbons (Fsp3) is 0.884. The Kier molecular flexibility index (Phi) is 36.2. The van der Waals surface area contributed by atoms with Crippen molar-refractivity contribution in [1.29, 1.82) is 0 Å². The lowest BCUT2D eigenvalue weighted by molar-refractivity contribution is -0.870. The molecule has 0 aliphatic rings. The quantitative estimate of drug-likeness (QED) is 0.0219. The highest BCUT2D eigenvalue weighted by Crippen LogP contribution is 2.43. The van der Waals surface area contributed by atoms with Crippen LogP contribution in [0, 0.1) is 0 Å². The van der Waals surface area contributed by atoms with Gasteiger partial charge < -0.3 is 18.9 Å². The van der Waals surface area contributed by atoms with Gasteiger partial charge in [0, 0.05) is 13.0 Å². The van der Waals surface area contributed by atoms with Crippen molar-refractivity contribution >= 4 is 13.8 Å². The molecule has 0 aromatic carbocycles. The first-order valence-corrected chi connectivity index (χ1v) is 23.1. The van der Waals surface area contributed by atoms with Crippen LogP contribution >= 0.6 is 7.82 Å². The Morgan fingerprint density at radius 1 is 0.577 bits per heavy atom. The molecule has 0 aliphatic carbocycles. The molecule has 0 spiro atoms. The maximum absolute atomic E-state index is 12.7. The van der Waals surface area contributed by atoms with Gasteiger partial charge in [0.1, 0.15) is 19.3 Å². The van der Waals surface area contributed by atoms with Crippen LogP contribution in [0.1, 0.15) is 187 Å². The number of hydrogen-bond donors (Lipinski definition) is 1. The number of likely N-dealkylation sites (N-methyl/N-ethyl adjacent to an activating group) is 1. The zero-order valence-corrected chi connectivity index (χ0v) is 35.7. The molecule has 0 aromatic rings. The number of phosphoric acid groups is 1. The summed E-state index contributed by atoms with van der Waals surface area (Å²) < 4.78 is 34.9. The summed E-state index contributed by atoms with van der Waals surface area (Å²) in [7, 11) is 1.66. The van der Waals surface area contributed by atoms with Crippen molar-refractivity contribution in [3.05, 3.63) is 24.3 Å². The minimum atomic E-state index is -4.27. The zero-order chi connectivity index (χ0) is 38.4. The second-order valence-electron chi connectivity index (χ2n) is 15.7. The number of rotatable bonds is 40. The second kappa shape index (κ2) is 36.9. The molecule has 0 rings (SSSR count). The number of phosphoric ester groups is 1. The van der Waals surface area contributed by atoms with Gasteiger partial charge in [-0.15, -0.1) is 0 Å². The standard InChI is InChI=1S/C43H84NO7P/c1-6-8-10-12-14-16-18-20-21-22-23-24-26-28-30-32-34-36-43(45)51-42(41-50-52(46,47)49-39-37-44(3,4)5)40-48-38-35-33-31-29-27-25-19-17-15-13-11-9-7-2/h15,17,20-21,42H,6-14,16,18-19,22-41H2,1-5H3/p+1/b17-15-,21-20-. The van der Waals surface area contributed by atoms with Gasteiger partial charge in [0.2, 0.25) is 0 Å². The first-order valence-electron chi connectivity index (χ1n) is 21.6. The van der Waals surface area contributed by atoms with Crippen molar-refractivity contribution in [3.8, 4) is 0 Å². The van der Waals surface area contributed by atoms with E-state index in [1.165, 1.54) is 135 Å². The maximum atomic E-state index is 12.7. The highest BCUT2D eigenvalue weighted by atomic mass is 31.2. The zero-order valence-electron chi connectivity index (χ0n) is 34.8. The Bertz CT molecular complexity index is 889. The number of ether oxygens (including phenoxy) is 2. The molecule has 0 fully saturated rings. The fourth-order valence-corrected chi connectivity index (χ4v) is 6.58. The Balaban J connectivity index is 4.24. The predicted octanol–water partition coefficient (Wildman–Crippen LogP) is 12.4. The van der Waals surface area contributed by atoms with E-state index in [9.17, 15) is 14.3 Å². The van der Waals surface area contributed by atoms with E-state index in [1.807, 2.05) is 21.1 Å². The molecule has 2 atom stereocenters. The van der Waals surface area contributed by atoms with Gasteiger partial charge in [-0.1, -0.05) is 141 Å². The van der Waals surface area contributed by atoms with Gasteiger partial charge in [-0.2, -0.15) is 0 Å². The van der Waals surface area contributed by atoms with E-state index in [2.05, 4.69) is 38.2 Å². The van der Waals surface area contributed by atoms with Crippen molar-refractivity contribution < 1.29 is 37.3 Å². The van der Waals surface area contributed by atoms with Gasteiger partial charge in [-0.3, -0.25) is 13.8 Å². The first kappa shape index (κ1) is 51.0. The van der Waals surface area contributed by atoms with Gasteiger partial charge in [0.25, 0.3) is 0 Å². The largest absolute Gasteiger partial charge is 0.472 e. The molecule has 0 saturated heterocycles. The monoisotopic (exact) mass is 759 g/mol. The number of carbonyl (C=O) groups is 1. The number of quaternary nitrogens is 1. The average molecular weight is 759 g/mol. The van der Waals surface area contributed by atoms with Gasteiger partial charge in [0.05, 0.1) is 34.4 Å². The molecule has 8 nitrogen and oxygen atoms in total. The molecule has 0 saturated carbocycles. The van der Waals surface area contributed by atoms with E-state index in [1.54, 1.807) is 0 Å². The number of unbranched alkanes of at least 4 members (excludes halogenated alkanes) is 22. The van der Waals surface area contributed by atoms with Crippen LogP contribution in [0.2, 0.25) is 0 Å². The summed E-state index contributed by atoms with van der Waals surface area (Å²) in [4.78, 5) is 22.9. The molecular weight excluding hydrogens is 673 g/mol. The van der Waals surface area contributed by atoms with Crippen LogP contribution in [-0.2, 0) is 27.9 Å². The second-order valence-corrected chi connectivity index (χ2v) is 17.2. The number of carbonyl (C=O) groups excluding carboxylic acids is 1. The minimum absolute atomic E-state index is 0.0876. The van der Waals surface area contributed by atoms with Crippen molar-refractivity contribution in [2.75, 3.05) is 54.1 Å². The lowest BCUT2D eigenvalue weighted by Crippen LogP contribution is -2.37. The molecule has 0 aliphatic heterocycles. The third kappa shape index (κ3) is 40.2. The van der Waals surface area contributed by atoms with E-state index in [0.29, 0.717) is 24.1 Å². The third-order valence-corrected chi connectivity index (χ3v) is 10.2. The van der Waals surface area contributed by atoms with Gasteiger partial charge in [-0.25, -0.2) is 4.57 Å². The average Bonchev–Trinajstić information content (AvgIpc) is 3.09. The van der Waals surface area contributed by atoms with Crippen LogP contribution in [0.5, 0.6) is 0 Å². The van der Waals surface area contributed by atoms with Crippen LogP contribution in [0.3, 0.4) is 0 Å². The minimum Gasteiger partial charge on any atom is -0.457 e. The van der Waals surface area contributed by atoms with Gasteiger partial charge in [-0.05, 0) is 64.2 Å². The summed E-state index contributed by atoms with van der Waals surface area (Å²) in [6, 6.07) is 0. The van der Waals surface area contributed by atoms with Crippen molar-refractivity contribution in [2.24, 2.45) is 0 Å². The SMILES string of the molecule is CCCCC/C=C\CCCCCCCCOCC(COP(=O)(O)OCC[N+](C)(C)C)OC(=O)CCCCCCCCC/C=C\CCCCCCCC. The summed E-state index contributed by atoms with van der Waals surface area (Å²) >= 11 is 0. The topological polar surface area (TPSA) is 91.3 Å². The highest BCUT2D eigenvalue weighted by Gasteiger charge is 2.26. The van der Waals surface area contributed by atoms with Crippen molar-refractivity contribution in [3.63, 3.8) is 0 Å². The molecule has 0 radical (unpaired) electrons. The van der Waals surface area contributed by atoms with Crippen molar-refractivity contribution in [1.82, 2.24) is 0 Å². The molecule has 308 valence electrons. The lowest BCUT2D eigenvalue weighted by Gasteiger charge is -2.24. The van der Waals surface area contributed by atoms with Gasteiger partial charge >= 0.3 is 13.8 Å².